The molecule has 32 heavy (non-hydrogen) atoms. The molecule has 2 aliphatic heterocycles. The Balaban J connectivity index is 1.27. The lowest BCUT2D eigenvalue weighted by Gasteiger charge is -2.33. The average Bonchev–Trinajstić information content (AvgIpc) is 3.21. The zero-order valence-corrected chi connectivity index (χ0v) is 18.2. The molecule has 4 rings (SSSR count). The minimum absolute atomic E-state index is 0.00113. The zero-order valence-electron chi connectivity index (χ0n) is 18.2. The molecule has 168 valence electrons. The molecule has 2 unspecified atom stereocenters. The maximum atomic E-state index is 13.1. The van der Waals surface area contributed by atoms with Crippen molar-refractivity contribution < 1.29 is 18.8 Å². The second-order valence-electron chi connectivity index (χ2n) is 8.62. The summed E-state index contributed by atoms with van der Waals surface area (Å²) in [6.45, 7) is 3.47. The van der Waals surface area contributed by atoms with Crippen LogP contribution in [0.15, 0.2) is 54.6 Å². The van der Waals surface area contributed by atoms with Crippen LogP contribution in [0.5, 0.6) is 0 Å². The summed E-state index contributed by atoms with van der Waals surface area (Å²) >= 11 is 0. The highest BCUT2D eigenvalue weighted by Gasteiger charge is 2.38. The van der Waals surface area contributed by atoms with E-state index in [2.05, 4.69) is 5.32 Å². The first kappa shape index (κ1) is 22.0. The molecule has 0 saturated carbocycles. The number of likely N-dealkylation sites (tertiary alicyclic amines) is 2. The van der Waals surface area contributed by atoms with Crippen LogP contribution in [-0.4, -0.2) is 53.2 Å². The molecule has 0 aliphatic carbocycles. The van der Waals surface area contributed by atoms with Crippen LogP contribution in [-0.2, 0) is 9.59 Å². The normalized spacial score (nSPS) is 20.3. The molecule has 7 heteroatoms. The maximum absolute atomic E-state index is 13.1. The van der Waals surface area contributed by atoms with E-state index in [0.29, 0.717) is 38.0 Å². The van der Waals surface area contributed by atoms with Crippen LogP contribution in [0.2, 0.25) is 0 Å². The Kier molecular flexibility index (Phi) is 6.53. The minimum atomic E-state index is -0.370. The number of amides is 3. The number of rotatable bonds is 5. The first-order valence-corrected chi connectivity index (χ1v) is 11.1. The van der Waals surface area contributed by atoms with Gasteiger partial charge in [-0.3, -0.25) is 14.4 Å². The van der Waals surface area contributed by atoms with Crippen molar-refractivity contribution in [2.24, 2.45) is 5.92 Å². The van der Waals surface area contributed by atoms with Gasteiger partial charge in [0.2, 0.25) is 11.8 Å². The fourth-order valence-corrected chi connectivity index (χ4v) is 4.51. The number of benzene rings is 2. The van der Waals surface area contributed by atoms with Gasteiger partial charge in [-0.25, -0.2) is 4.39 Å². The number of nitrogens with one attached hydrogen (secondary N) is 1. The van der Waals surface area contributed by atoms with Gasteiger partial charge in [0.15, 0.2) is 0 Å². The molecule has 2 aromatic carbocycles. The fraction of sp³-hybridized carbons (Fsp3) is 0.400. The van der Waals surface area contributed by atoms with Crippen molar-refractivity contribution in [1.29, 1.82) is 0 Å². The van der Waals surface area contributed by atoms with Gasteiger partial charge in [-0.2, -0.15) is 0 Å². The molecule has 0 spiro atoms. The number of hydrogen-bond acceptors (Lipinski definition) is 3. The molecule has 2 aromatic rings. The Bertz CT molecular complexity index is 972. The predicted octanol–water partition coefficient (Wildman–Crippen LogP) is 3.16. The first-order valence-electron chi connectivity index (χ1n) is 11.1. The van der Waals surface area contributed by atoms with Gasteiger partial charge in [0.1, 0.15) is 5.82 Å². The van der Waals surface area contributed by atoms with E-state index in [4.69, 9.17) is 0 Å². The van der Waals surface area contributed by atoms with Crippen molar-refractivity contribution in [1.82, 2.24) is 15.1 Å². The van der Waals surface area contributed by atoms with Gasteiger partial charge in [0.05, 0.1) is 12.0 Å². The van der Waals surface area contributed by atoms with E-state index >= 15 is 0 Å². The highest BCUT2D eigenvalue weighted by molar-refractivity contribution is 5.94. The number of piperidine rings is 1. The Labute approximate surface area is 187 Å². The standard InChI is InChI=1S/C25H28FN3O3/c1-17(18-5-3-2-4-6-18)29-16-20(15-23(29)30)24(31)27-22-11-13-28(14-12-22)25(32)19-7-9-21(26)10-8-19/h2-10,17,20,22H,11-16H2,1H3,(H,27,31). The van der Waals surface area contributed by atoms with Gasteiger partial charge < -0.3 is 15.1 Å². The zero-order chi connectivity index (χ0) is 22.7. The molecule has 2 saturated heterocycles. The van der Waals surface area contributed by atoms with Crippen molar-refractivity contribution in [2.45, 2.75) is 38.3 Å². The van der Waals surface area contributed by atoms with Crippen LogP contribution in [0, 0.1) is 11.7 Å². The molecule has 0 aromatic heterocycles. The van der Waals surface area contributed by atoms with Crippen LogP contribution in [0.4, 0.5) is 4.39 Å². The molecule has 0 bridgehead atoms. The largest absolute Gasteiger partial charge is 0.353 e. The maximum Gasteiger partial charge on any atom is 0.253 e. The highest BCUT2D eigenvalue weighted by Crippen LogP contribution is 2.28. The molecule has 2 heterocycles. The van der Waals surface area contributed by atoms with E-state index in [1.807, 2.05) is 37.3 Å². The third-order valence-corrected chi connectivity index (χ3v) is 6.50. The van der Waals surface area contributed by atoms with Crippen molar-refractivity contribution in [3.05, 3.63) is 71.5 Å². The lowest BCUT2D eigenvalue weighted by atomic mass is 10.0. The summed E-state index contributed by atoms with van der Waals surface area (Å²) in [5, 5.41) is 3.08. The molecule has 3 amide bonds. The lowest BCUT2D eigenvalue weighted by molar-refractivity contribution is -0.130. The summed E-state index contributed by atoms with van der Waals surface area (Å²) in [6, 6.07) is 15.3. The first-order chi connectivity index (χ1) is 15.4. The van der Waals surface area contributed by atoms with E-state index in [1.165, 1.54) is 24.3 Å². The van der Waals surface area contributed by atoms with Crippen LogP contribution >= 0.6 is 0 Å². The van der Waals surface area contributed by atoms with Gasteiger partial charge in [-0.15, -0.1) is 0 Å². The topological polar surface area (TPSA) is 69.7 Å². The van der Waals surface area contributed by atoms with Gasteiger partial charge in [-0.1, -0.05) is 30.3 Å². The molecule has 0 radical (unpaired) electrons. The predicted molar refractivity (Wildman–Crippen MR) is 118 cm³/mol. The fourth-order valence-electron chi connectivity index (χ4n) is 4.51. The van der Waals surface area contributed by atoms with Crippen molar-refractivity contribution in [3.8, 4) is 0 Å². The monoisotopic (exact) mass is 437 g/mol. The summed E-state index contributed by atoms with van der Waals surface area (Å²) < 4.78 is 13.1. The molecular weight excluding hydrogens is 409 g/mol. The summed E-state index contributed by atoms with van der Waals surface area (Å²) in [4.78, 5) is 41.5. The Morgan fingerprint density at radius 1 is 1.03 bits per heavy atom. The molecular formula is C25H28FN3O3. The number of hydrogen-bond donors (Lipinski definition) is 1. The molecule has 2 fully saturated rings. The molecule has 1 N–H and O–H groups in total. The van der Waals surface area contributed by atoms with Gasteiger partial charge in [-0.05, 0) is 49.6 Å². The van der Waals surface area contributed by atoms with Crippen molar-refractivity contribution >= 4 is 17.7 Å². The SMILES string of the molecule is CC(c1ccccc1)N1CC(C(=O)NC2CCN(C(=O)c3ccc(F)cc3)CC2)CC1=O. The van der Waals surface area contributed by atoms with Crippen LogP contribution in [0.25, 0.3) is 0 Å². The van der Waals surface area contributed by atoms with Crippen LogP contribution in [0.3, 0.4) is 0 Å². The smallest absolute Gasteiger partial charge is 0.253 e. The lowest BCUT2D eigenvalue weighted by Crippen LogP contribution is -2.48. The third kappa shape index (κ3) is 4.82. The van der Waals surface area contributed by atoms with Crippen molar-refractivity contribution in [2.75, 3.05) is 19.6 Å². The van der Waals surface area contributed by atoms with Gasteiger partial charge >= 0.3 is 0 Å². The number of carbonyl (C=O) groups is 3. The summed E-state index contributed by atoms with van der Waals surface area (Å²) in [7, 11) is 0. The number of carbonyl (C=O) groups excluding carboxylic acids is 3. The summed E-state index contributed by atoms with van der Waals surface area (Å²) in [6.07, 6.45) is 1.54. The van der Waals surface area contributed by atoms with E-state index in [9.17, 15) is 18.8 Å². The second kappa shape index (κ2) is 9.51. The van der Waals surface area contributed by atoms with Gasteiger partial charge in [0, 0.05) is 37.7 Å². The molecule has 6 nitrogen and oxygen atoms in total. The van der Waals surface area contributed by atoms with E-state index in [1.54, 1.807) is 9.80 Å². The summed E-state index contributed by atoms with van der Waals surface area (Å²) in [5.74, 6) is -0.940. The highest BCUT2D eigenvalue weighted by atomic mass is 19.1. The van der Waals surface area contributed by atoms with E-state index < -0.39 is 0 Å². The Hall–Kier alpha value is -3.22. The van der Waals surface area contributed by atoms with Crippen LogP contribution < -0.4 is 5.32 Å². The van der Waals surface area contributed by atoms with E-state index in [0.717, 1.165) is 5.56 Å². The number of nitrogens with zero attached hydrogens (tertiary/aromatic N) is 2. The second-order valence-corrected chi connectivity index (χ2v) is 8.62. The van der Waals surface area contributed by atoms with Crippen molar-refractivity contribution in [3.63, 3.8) is 0 Å². The quantitative estimate of drug-likeness (QED) is 0.781. The minimum Gasteiger partial charge on any atom is -0.353 e. The third-order valence-electron chi connectivity index (χ3n) is 6.50. The molecule has 2 aliphatic rings. The van der Waals surface area contributed by atoms with Gasteiger partial charge in [0.25, 0.3) is 5.91 Å². The average molecular weight is 438 g/mol. The molecule has 2 atom stereocenters. The summed E-state index contributed by atoms with van der Waals surface area (Å²) in [5.41, 5.74) is 1.52. The Morgan fingerprint density at radius 2 is 1.69 bits per heavy atom. The van der Waals surface area contributed by atoms with E-state index in [-0.39, 0.29) is 48.0 Å². The van der Waals surface area contributed by atoms with Crippen LogP contribution in [0.1, 0.15) is 48.1 Å². The number of halogens is 1. The Morgan fingerprint density at radius 3 is 2.34 bits per heavy atom.